The summed E-state index contributed by atoms with van der Waals surface area (Å²) in [5.41, 5.74) is 8.32. The normalized spacial score (nSPS) is 11.9. The van der Waals surface area contributed by atoms with Gasteiger partial charge < -0.3 is 15.9 Å². The number of rotatable bonds is 5. The maximum atomic E-state index is 12.1. The van der Waals surface area contributed by atoms with Crippen molar-refractivity contribution in [2.45, 2.75) is 26.2 Å². The summed E-state index contributed by atoms with van der Waals surface area (Å²) < 4.78 is 0. The molecule has 0 saturated heterocycles. The SMILES string of the molecule is CC(C)(C)c1ccccc1NC(=O)CO/N=C(\N)c1ccccc1. The van der Waals surface area contributed by atoms with E-state index in [2.05, 4.69) is 31.2 Å². The molecule has 0 aromatic heterocycles. The van der Waals surface area contributed by atoms with Gasteiger partial charge in [0.25, 0.3) is 5.91 Å². The van der Waals surface area contributed by atoms with Gasteiger partial charge in [-0.05, 0) is 17.0 Å². The molecule has 0 fully saturated rings. The molecule has 0 radical (unpaired) electrons. The van der Waals surface area contributed by atoms with Gasteiger partial charge in [-0.3, -0.25) is 4.79 Å². The molecule has 0 heterocycles. The van der Waals surface area contributed by atoms with Gasteiger partial charge in [0.05, 0.1) is 0 Å². The van der Waals surface area contributed by atoms with Crippen LogP contribution in [-0.4, -0.2) is 18.3 Å². The average Bonchev–Trinajstić information content (AvgIpc) is 2.55. The van der Waals surface area contributed by atoms with E-state index < -0.39 is 0 Å². The lowest BCUT2D eigenvalue weighted by molar-refractivity contribution is -0.120. The van der Waals surface area contributed by atoms with Gasteiger partial charge in [0.2, 0.25) is 0 Å². The van der Waals surface area contributed by atoms with E-state index >= 15 is 0 Å². The highest BCUT2D eigenvalue weighted by atomic mass is 16.6. The molecule has 0 saturated carbocycles. The number of nitrogens with one attached hydrogen (secondary N) is 1. The first-order chi connectivity index (χ1) is 11.4. The maximum Gasteiger partial charge on any atom is 0.265 e. The molecule has 2 aromatic carbocycles. The van der Waals surface area contributed by atoms with Crippen LogP contribution in [0.2, 0.25) is 0 Å². The van der Waals surface area contributed by atoms with Gasteiger partial charge in [-0.2, -0.15) is 0 Å². The van der Waals surface area contributed by atoms with Crippen molar-refractivity contribution < 1.29 is 9.63 Å². The average molecular weight is 325 g/mol. The second-order valence-electron chi connectivity index (χ2n) is 6.46. The highest BCUT2D eigenvalue weighted by Crippen LogP contribution is 2.29. The van der Waals surface area contributed by atoms with Crippen LogP contribution in [0, 0.1) is 0 Å². The number of para-hydroxylation sites is 1. The monoisotopic (exact) mass is 325 g/mol. The Labute approximate surface area is 142 Å². The molecule has 1 amide bonds. The first kappa shape index (κ1) is 17.5. The molecule has 0 atom stereocenters. The molecule has 0 aliphatic carbocycles. The number of benzene rings is 2. The Balaban J connectivity index is 1.95. The van der Waals surface area contributed by atoms with E-state index in [4.69, 9.17) is 10.6 Å². The van der Waals surface area contributed by atoms with Crippen molar-refractivity contribution in [3.63, 3.8) is 0 Å². The largest absolute Gasteiger partial charge is 0.384 e. The summed E-state index contributed by atoms with van der Waals surface area (Å²) >= 11 is 0. The third-order valence-corrected chi connectivity index (χ3v) is 3.44. The van der Waals surface area contributed by atoms with Crippen LogP contribution >= 0.6 is 0 Å². The van der Waals surface area contributed by atoms with E-state index in [-0.39, 0.29) is 23.8 Å². The number of anilines is 1. The summed E-state index contributed by atoms with van der Waals surface area (Å²) in [7, 11) is 0. The summed E-state index contributed by atoms with van der Waals surface area (Å²) in [6, 6.07) is 17.0. The highest BCUT2D eigenvalue weighted by Gasteiger charge is 2.18. The Morgan fingerprint density at radius 1 is 1.08 bits per heavy atom. The summed E-state index contributed by atoms with van der Waals surface area (Å²) in [5, 5.41) is 6.64. The third kappa shape index (κ3) is 4.84. The molecule has 0 spiro atoms. The number of carbonyl (C=O) groups excluding carboxylic acids is 1. The zero-order chi connectivity index (χ0) is 17.6. The third-order valence-electron chi connectivity index (χ3n) is 3.44. The quantitative estimate of drug-likeness (QED) is 0.503. The lowest BCUT2D eigenvalue weighted by Crippen LogP contribution is -2.22. The predicted octanol–water partition coefficient (Wildman–Crippen LogP) is 3.26. The Hall–Kier alpha value is -2.82. The fraction of sp³-hybridized carbons (Fsp3) is 0.263. The standard InChI is InChI=1S/C19H23N3O2/c1-19(2,3)15-11-7-8-12-16(15)21-17(23)13-24-22-18(20)14-9-5-4-6-10-14/h4-12H,13H2,1-3H3,(H2,20,22)(H,21,23). The molecule has 126 valence electrons. The van der Waals surface area contributed by atoms with E-state index in [1.165, 1.54) is 0 Å². The van der Waals surface area contributed by atoms with E-state index in [0.29, 0.717) is 0 Å². The number of nitrogens with zero attached hydrogens (tertiary/aromatic N) is 1. The minimum atomic E-state index is -0.281. The number of oxime groups is 1. The Bertz CT molecular complexity index is 719. The fourth-order valence-corrected chi connectivity index (χ4v) is 2.25. The van der Waals surface area contributed by atoms with Crippen LogP contribution in [0.15, 0.2) is 59.8 Å². The molecule has 2 aromatic rings. The summed E-state index contributed by atoms with van der Waals surface area (Å²) in [6.07, 6.45) is 0. The van der Waals surface area contributed by atoms with E-state index in [9.17, 15) is 4.79 Å². The molecule has 5 heteroatoms. The maximum absolute atomic E-state index is 12.1. The van der Waals surface area contributed by atoms with Gasteiger partial charge in [-0.1, -0.05) is 74.5 Å². The lowest BCUT2D eigenvalue weighted by atomic mass is 9.86. The van der Waals surface area contributed by atoms with Crippen LogP contribution in [0.1, 0.15) is 31.9 Å². The van der Waals surface area contributed by atoms with Crippen LogP contribution < -0.4 is 11.1 Å². The molecule has 2 rings (SSSR count). The van der Waals surface area contributed by atoms with Gasteiger partial charge in [0.1, 0.15) is 0 Å². The van der Waals surface area contributed by atoms with Crippen molar-refractivity contribution in [2.75, 3.05) is 11.9 Å². The van der Waals surface area contributed by atoms with Crippen LogP contribution in [-0.2, 0) is 15.0 Å². The van der Waals surface area contributed by atoms with Crippen molar-refractivity contribution in [3.05, 3.63) is 65.7 Å². The first-order valence-corrected chi connectivity index (χ1v) is 7.78. The van der Waals surface area contributed by atoms with Gasteiger partial charge in [-0.25, -0.2) is 0 Å². The number of hydrogen-bond acceptors (Lipinski definition) is 3. The molecule has 0 unspecified atom stereocenters. The highest BCUT2D eigenvalue weighted by molar-refractivity contribution is 5.97. The Morgan fingerprint density at radius 3 is 2.38 bits per heavy atom. The number of carbonyl (C=O) groups is 1. The predicted molar refractivity (Wildman–Crippen MR) is 96.9 cm³/mol. The molecule has 0 aliphatic rings. The number of amides is 1. The topological polar surface area (TPSA) is 76.7 Å². The van der Waals surface area contributed by atoms with E-state index in [1.807, 2.05) is 54.6 Å². The van der Waals surface area contributed by atoms with Crippen molar-refractivity contribution in [3.8, 4) is 0 Å². The summed E-state index contributed by atoms with van der Waals surface area (Å²) in [6.45, 7) is 6.09. The molecule has 0 aliphatic heterocycles. The van der Waals surface area contributed by atoms with Gasteiger partial charge in [-0.15, -0.1) is 0 Å². The minimum absolute atomic E-state index is 0.0688. The second kappa shape index (κ2) is 7.64. The van der Waals surface area contributed by atoms with E-state index in [1.54, 1.807) is 0 Å². The Morgan fingerprint density at radius 2 is 1.71 bits per heavy atom. The van der Waals surface area contributed by atoms with Crippen molar-refractivity contribution in [1.82, 2.24) is 0 Å². The molecule has 5 nitrogen and oxygen atoms in total. The van der Waals surface area contributed by atoms with Crippen LogP contribution in [0.5, 0.6) is 0 Å². The molecular formula is C19H23N3O2. The molecule has 3 N–H and O–H groups in total. The number of hydrogen-bond donors (Lipinski definition) is 2. The fourth-order valence-electron chi connectivity index (χ4n) is 2.25. The van der Waals surface area contributed by atoms with Crippen LogP contribution in [0.25, 0.3) is 0 Å². The van der Waals surface area contributed by atoms with Crippen LogP contribution in [0.3, 0.4) is 0 Å². The van der Waals surface area contributed by atoms with Crippen molar-refractivity contribution >= 4 is 17.4 Å². The van der Waals surface area contributed by atoms with Gasteiger partial charge in [0, 0.05) is 11.3 Å². The van der Waals surface area contributed by atoms with Gasteiger partial charge in [0.15, 0.2) is 12.4 Å². The van der Waals surface area contributed by atoms with E-state index in [0.717, 1.165) is 16.8 Å². The zero-order valence-electron chi connectivity index (χ0n) is 14.2. The second-order valence-corrected chi connectivity index (χ2v) is 6.46. The number of amidine groups is 1. The zero-order valence-corrected chi connectivity index (χ0v) is 14.2. The van der Waals surface area contributed by atoms with Gasteiger partial charge >= 0.3 is 0 Å². The number of nitrogens with two attached hydrogens (primary N) is 1. The lowest BCUT2D eigenvalue weighted by Gasteiger charge is -2.22. The smallest absolute Gasteiger partial charge is 0.265 e. The Kier molecular flexibility index (Phi) is 5.58. The summed E-state index contributed by atoms with van der Waals surface area (Å²) in [5.74, 6) is -0.0465. The minimum Gasteiger partial charge on any atom is -0.384 e. The van der Waals surface area contributed by atoms with Crippen molar-refractivity contribution in [1.29, 1.82) is 0 Å². The molecule has 24 heavy (non-hydrogen) atoms. The first-order valence-electron chi connectivity index (χ1n) is 7.78. The molecular weight excluding hydrogens is 302 g/mol. The van der Waals surface area contributed by atoms with Crippen LogP contribution in [0.4, 0.5) is 5.69 Å². The van der Waals surface area contributed by atoms with Crippen molar-refractivity contribution in [2.24, 2.45) is 10.9 Å². The molecule has 0 bridgehead atoms. The summed E-state index contributed by atoms with van der Waals surface area (Å²) in [4.78, 5) is 17.1.